The Morgan fingerprint density at radius 1 is 1.12 bits per heavy atom. The number of halogens is 1. The van der Waals surface area contributed by atoms with Gasteiger partial charge in [-0.05, 0) is 18.9 Å². The number of fused-ring (bicyclic) bond motifs is 1. The lowest BCUT2D eigenvalue weighted by atomic mass is 9.96. The Balaban J connectivity index is 1.50. The number of piperidine rings is 1. The number of nitrogens with one attached hydrogen (secondary N) is 1. The van der Waals surface area contributed by atoms with E-state index in [0.717, 1.165) is 23.7 Å². The fraction of sp³-hybridized carbons (Fsp3) is 0.474. The normalized spacial score (nSPS) is 21.2. The number of hydrogen-bond acceptors (Lipinski definition) is 3. The predicted molar refractivity (Wildman–Crippen MR) is 99.3 cm³/mol. The summed E-state index contributed by atoms with van der Waals surface area (Å²) in [5.74, 6) is -0.145. The molecule has 0 radical (unpaired) electrons. The van der Waals surface area contributed by atoms with Crippen molar-refractivity contribution in [1.29, 1.82) is 0 Å². The lowest BCUT2D eigenvalue weighted by Gasteiger charge is -2.36. The van der Waals surface area contributed by atoms with Gasteiger partial charge in [-0.25, -0.2) is 0 Å². The molecular weight excluding hydrogens is 354 g/mol. The molecule has 1 aromatic heterocycles. The zero-order chi connectivity index (χ0) is 18.1. The monoisotopic (exact) mass is 375 g/mol. The average molecular weight is 376 g/mol. The molecule has 6 nitrogen and oxygen atoms in total. The largest absolute Gasteiger partial charge is 0.378 e. The molecule has 1 N–H and O–H groups in total. The number of carbonyl (C=O) groups excluding carboxylic acids is 2. The summed E-state index contributed by atoms with van der Waals surface area (Å²) in [5, 5.41) is 1.29. The van der Waals surface area contributed by atoms with Crippen molar-refractivity contribution >= 4 is 34.3 Å². The molecule has 0 spiro atoms. The summed E-state index contributed by atoms with van der Waals surface area (Å²) in [4.78, 5) is 32.5. The number of nitrogens with zero attached hydrogens (tertiary/aromatic N) is 2. The topological polar surface area (TPSA) is 65.6 Å². The molecule has 0 bridgehead atoms. The van der Waals surface area contributed by atoms with Crippen LogP contribution in [0.2, 0.25) is 5.02 Å². The van der Waals surface area contributed by atoms with E-state index in [1.807, 2.05) is 29.2 Å². The van der Waals surface area contributed by atoms with Gasteiger partial charge >= 0.3 is 0 Å². The lowest BCUT2D eigenvalue weighted by Crippen LogP contribution is -2.49. The van der Waals surface area contributed by atoms with Gasteiger partial charge in [-0.15, -0.1) is 0 Å². The van der Waals surface area contributed by atoms with Crippen LogP contribution in [0.4, 0.5) is 0 Å². The Morgan fingerprint density at radius 3 is 2.65 bits per heavy atom. The molecule has 26 heavy (non-hydrogen) atoms. The van der Waals surface area contributed by atoms with Crippen LogP contribution in [0.5, 0.6) is 0 Å². The van der Waals surface area contributed by atoms with Crippen LogP contribution in [-0.2, 0) is 9.53 Å². The number of H-pyrrole nitrogens is 1. The number of likely N-dealkylation sites (tertiary alicyclic amines) is 1. The first-order valence-corrected chi connectivity index (χ1v) is 9.45. The summed E-state index contributed by atoms with van der Waals surface area (Å²) < 4.78 is 5.32. The smallest absolute Gasteiger partial charge is 0.271 e. The molecule has 2 aliphatic rings. The summed E-state index contributed by atoms with van der Waals surface area (Å²) in [6, 6.07) is 7.60. The molecule has 1 aromatic carbocycles. The summed E-state index contributed by atoms with van der Waals surface area (Å²) in [6.07, 6.45) is 1.64. The van der Waals surface area contributed by atoms with Gasteiger partial charge in [0.15, 0.2) is 0 Å². The van der Waals surface area contributed by atoms with Gasteiger partial charge < -0.3 is 19.5 Å². The van der Waals surface area contributed by atoms with Crippen molar-refractivity contribution in [3.63, 3.8) is 0 Å². The molecule has 2 fully saturated rings. The van der Waals surface area contributed by atoms with Gasteiger partial charge in [0.25, 0.3) is 5.91 Å². The lowest BCUT2D eigenvalue weighted by molar-refractivity contribution is -0.141. The van der Waals surface area contributed by atoms with Crippen molar-refractivity contribution in [3.05, 3.63) is 35.0 Å². The highest BCUT2D eigenvalue weighted by Crippen LogP contribution is 2.29. The maximum atomic E-state index is 13.0. The van der Waals surface area contributed by atoms with E-state index in [0.29, 0.717) is 50.1 Å². The minimum atomic E-state index is -0.144. The number of morpholine rings is 1. The summed E-state index contributed by atoms with van der Waals surface area (Å²) >= 11 is 6.42. The number of rotatable bonds is 2. The highest BCUT2D eigenvalue weighted by molar-refractivity contribution is 6.38. The third-order valence-corrected chi connectivity index (χ3v) is 5.63. The van der Waals surface area contributed by atoms with Crippen LogP contribution in [0, 0.1) is 5.92 Å². The second kappa shape index (κ2) is 7.29. The molecule has 1 unspecified atom stereocenters. The highest BCUT2D eigenvalue weighted by Gasteiger charge is 2.33. The predicted octanol–water partition coefficient (Wildman–Crippen LogP) is 2.53. The Kier molecular flexibility index (Phi) is 4.87. The van der Waals surface area contributed by atoms with Crippen molar-refractivity contribution < 1.29 is 14.3 Å². The minimum Gasteiger partial charge on any atom is -0.378 e. The van der Waals surface area contributed by atoms with Crippen LogP contribution in [0.3, 0.4) is 0 Å². The van der Waals surface area contributed by atoms with E-state index in [1.54, 1.807) is 4.90 Å². The van der Waals surface area contributed by atoms with E-state index in [-0.39, 0.29) is 17.7 Å². The fourth-order valence-electron chi connectivity index (χ4n) is 3.82. The van der Waals surface area contributed by atoms with Gasteiger partial charge in [-0.2, -0.15) is 0 Å². The first-order chi connectivity index (χ1) is 12.6. The highest BCUT2D eigenvalue weighted by atomic mass is 35.5. The Labute approximate surface area is 157 Å². The van der Waals surface area contributed by atoms with Crippen LogP contribution >= 0.6 is 11.6 Å². The molecule has 138 valence electrons. The summed E-state index contributed by atoms with van der Waals surface area (Å²) in [5.41, 5.74) is 1.26. The van der Waals surface area contributed by atoms with Crippen LogP contribution in [0.25, 0.3) is 10.9 Å². The second-order valence-electron chi connectivity index (χ2n) is 6.89. The Morgan fingerprint density at radius 2 is 1.88 bits per heavy atom. The SMILES string of the molecule is O=C(c1[nH]c2ccccc2c1Cl)N1CCCC(C(=O)N2CCOCC2)C1. The molecule has 4 rings (SSSR count). The van der Waals surface area contributed by atoms with E-state index >= 15 is 0 Å². The molecule has 1 atom stereocenters. The summed E-state index contributed by atoms with van der Waals surface area (Å²) in [6.45, 7) is 3.55. The van der Waals surface area contributed by atoms with Gasteiger partial charge in [0.1, 0.15) is 5.69 Å². The van der Waals surface area contributed by atoms with Crippen LogP contribution in [0.15, 0.2) is 24.3 Å². The number of aromatic amines is 1. The molecule has 7 heteroatoms. The van der Waals surface area contributed by atoms with E-state index in [9.17, 15) is 9.59 Å². The van der Waals surface area contributed by atoms with Crippen molar-refractivity contribution in [2.45, 2.75) is 12.8 Å². The molecule has 2 amide bonds. The zero-order valence-electron chi connectivity index (χ0n) is 14.5. The van der Waals surface area contributed by atoms with Gasteiger partial charge in [-0.3, -0.25) is 9.59 Å². The van der Waals surface area contributed by atoms with Gasteiger partial charge in [0.2, 0.25) is 5.91 Å². The number of carbonyl (C=O) groups is 2. The second-order valence-corrected chi connectivity index (χ2v) is 7.27. The number of aromatic nitrogens is 1. The Bertz CT molecular complexity index is 829. The maximum absolute atomic E-state index is 13.0. The fourth-order valence-corrected chi connectivity index (χ4v) is 4.11. The standard InChI is InChI=1S/C19H22ClN3O3/c20-16-14-5-1-2-6-15(14)21-17(16)19(25)23-7-3-4-13(12-23)18(24)22-8-10-26-11-9-22/h1-2,5-6,13,21H,3-4,7-12H2. The average Bonchev–Trinajstić information content (AvgIpc) is 3.04. The molecular formula is C19H22ClN3O3. The van der Waals surface area contributed by atoms with E-state index in [2.05, 4.69) is 4.98 Å². The van der Waals surface area contributed by atoms with Gasteiger partial charge in [0.05, 0.1) is 24.2 Å². The van der Waals surface area contributed by atoms with Crippen molar-refractivity contribution in [1.82, 2.24) is 14.8 Å². The van der Waals surface area contributed by atoms with Crippen molar-refractivity contribution in [3.8, 4) is 0 Å². The third-order valence-electron chi connectivity index (χ3n) is 5.24. The maximum Gasteiger partial charge on any atom is 0.271 e. The van der Waals surface area contributed by atoms with Crippen LogP contribution < -0.4 is 0 Å². The number of amides is 2. The number of para-hydroxylation sites is 1. The van der Waals surface area contributed by atoms with Gasteiger partial charge in [0, 0.05) is 37.1 Å². The van der Waals surface area contributed by atoms with Crippen molar-refractivity contribution in [2.75, 3.05) is 39.4 Å². The number of hydrogen-bond donors (Lipinski definition) is 1. The van der Waals surface area contributed by atoms with Gasteiger partial charge in [-0.1, -0.05) is 29.8 Å². The molecule has 3 heterocycles. The molecule has 0 aliphatic carbocycles. The molecule has 2 aromatic rings. The molecule has 0 saturated carbocycles. The minimum absolute atomic E-state index is 0.133. The quantitative estimate of drug-likeness (QED) is 0.877. The molecule has 2 aliphatic heterocycles. The van der Waals surface area contributed by atoms with E-state index in [1.165, 1.54) is 0 Å². The molecule has 2 saturated heterocycles. The zero-order valence-corrected chi connectivity index (χ0v) is 15.3. The van der Waals surface area contributed by atoms with Crippen LogP contribution in [0.1, 0.15) is 23.3 Å². The number of benzene rings is 1. The van der Waals surface area contributed by atoms with Crippen LogP contribution in [-0.4, -0.2) is 66.0 Å². The Hall–Kier alpha value is -2.05. The van der Waals surface area contributed by atoms with E-state index < -0.39 is 0 Å². The third kappa shape index (κ3) is 3.19. The first kappa shape index (κ1) is 17.4. The summed E-state index contributed by atoms with van der Waals surface area (Å²) in [7, 11) is 0. The number of ether oxygens (including phenoxy) is 1. The van der Waals surface area contributed by atoms with E-state index in [4.69, 9.17) is 16.3 Å². The van der Waals surface area contributed by atoms with Crippen molar-refractivity contribution in [2.24, 2.45) is 5.92 Å². The first-order valence-electron chi connectivity index (χ1n) is 9.07.